The number of pyridine rings is 1. The number of hydrogen-bond donors (Lipinski definition) is 1. The van der Waals surface area contributed by atoms with Gasteiger partial charge in [-0.3, -0.25) is 0 Å². The zero-order valence-corrected chi connectivity index (χ0v) is 10.7. The van der Waals surface area contributed by atoms with Crippen LogP contribution in [0.2, 0.25) is 0 Å². The quantitative estimate of drug-likeness (QED) is 0.681. The number of thioether (sulfide) groups is 1. The molecule has 1 aromatic carbocycles. The minimum absolute atomic E-state index is 0.323. The Morgan fingerprint density at radius 2 is 2.22 bits per heavy atom. The van der Waals surface area contributed by atoms with Crippen LogP contribution in [-0.4, -0.2) is 12.1 Å². The first-order chi connectivity index (χ1) is 8.70. The van der Waals surface area contributed by atoms with Crippen LogP contribution in [0.4, 0.5) is 10.1 Å². The van der Waals surface area contributed by atoms with Crippen molar-refractivity contribution in [3.63, 3.8) is 0 Å². The Labute approximate surface area is 109 Å². The van der Waals surface area contributed by atoms with Crippen molar-refractivity contribution in [2.24, 2.45) is 0 Å². The second-order valence-corrected chi connectivity index (χ2v) is 4.66. The Morgan fingerprint density at radius 1 is 1.39 bits per heavy atom. The van der Waals surface area contributed by atoms with Crippen LogP contribution < -0.4 is 10.5 Å². The number of hydrogen-bond acceptors (Lipinski definition) is 4. The van der Waals surface area contributed by atoms with E-state index in [-0.39, 0.29) is 5.82 Å². The van der Waals surface area contributed by atoms with E-state index >= 15 is 0 Å². The molecule has 0 aliphatic heterocycles. The molecule has 1 heterocycles. The number of nitrogen functional groups attached to an aromatic ring is 1. The van der Waals surface area contributed by atoms with Gasteiger partial charge in [0.05, 0.1) is 7.11 Å². The summed E-state index contributed by atoms with van der Waals surface area (Å²) in [5, 5.41) is 0. The molecule has 2 aromatic rings. The molecule has 0 bridgehead atoms. The number of ether oxygens (including phenoxy) is 1. The highest BCUT2D eigenvalue weighted by molar-refractivity contribution is 7.98. The van der Waals surface area contributed by atoms with Gasteiger partial charge in [-0.1, -0.05) is 6.07 Å². The number of nitrogens with two attached hydrogens (primary N) is 1. The van der Waals surface area contributed by atoms with Crippen LogP contribution in [-0.2, 0) is 5.75 Å². The molecule has 0 spiro atoms. The fourth-order valence-corrected chi connectivity index (χ4v) is 2.44. The standard InChI is InChI=1S/C13H13FN2OS/c1-17-13-9(3-2-6-16-13)8-18-12-5-4-10(14)7-11(12)15/h2-7H,8,15H2,1H3. The number of nitrogens with zero attached hydrogens (tertiary/aromatic N) is 1. The van der Waals surface area contributed by atoms with Gasteiger partial charge in [0.2, 0.25) is 5.88 Å². The maximum absolute atomic E-state index is 12.9. The molecule has 0 saturated heterocycles. The van der Waals surface area contributed by atoms with Crippen LogP contribution in [0.1, 0.15) is 5.56 Å². The molecule has 5 heteroatoms. The molecule has 94 valence electrons. The van der Waals surface area contributed by atoms with Crippen molar-refractivity contribution in [1.82, 2.24) is 4.98 Å². The van der Waals surface area contributed by atoms with E-state index in [0.717, 1.165) is 10.5 Å². The maximum atomic E-state index is 12.9. The largest absolute Gasteiger partial charge is 0.481 e. The lowest BCUT2D eigenvalue weighted by atomic mass is 10.3. The van der Waals surface area contributed by atoms with Gasteiger partial charge in [-0.25, -0.2) is 9.37 Å². The molecule has 0 aliphatic rings. The molecule has 1 aromatic heterocycles. The van der Waals surface area contributed by atoms with E-state index in [1.54, 1.807) is 19.4 Å². The van der Waals surface area contributed by atoms with Crippen molar-refractivity contribution < 1.29 is 9.13 Å². The van der Waals surface area contributed by atoms with Gasteiger partial charge in [-0.15, -0.1) is 11.8 Å². The van der Waals surface area contributed by atoms with E-state index < -0.39 is 0 Å². The molecule has 0 unspecified atom stereocenters. The zero-order chi connectivity index (χ0) is 13.0. The molecule has 0 aliphatic carbocycles. The first-order valence-electron chi connectivity index (χ1n) is 5.36. The van der Waals surface area contributed by atoms with E-state index in [4.69, 9.17) is 10.5 Å². The molecule has 0 radical (unpaired) electrons. The summed E-state index contributed by atoms with van der Waals surface area (Å²) in [7, 11) is 1.59. The third-order valence-corrected chi connectivity index (χ3v) is 3.54. The number of anilines is 1. The highest BCUT2D eigenvalue weighted by atomic mass is 32.2. The first-order valence-corrected chi connectivity index (χ1v) is 6.35. The zero-order valence-electron chi connectivity index (χ0n) is 9.89. The SMILES string of the molecule is COc1ncccc1CSc1ccc(F)cc1N. The number of methoxy groups -OCH3 is 1. The van der Waals surface area contributed by atoms with Crippen LogP contribution in [0.3, 0.4) is 0 Å². The fraction of sp³-hybridized carbons (Fsp3) is 0.154. The van der Waals surface area contributed by atoms with Gasteiger partial charge in [0.25, 0.3) is 0 Å². The first kappa shape index (κ1) is 12.7. The normalized spacial score (nSPS) is 10.3. The molecule has 0 fully saturated rings. The second kappa shape index (κ2) is 5.73. The highest BCUT2D eigenvalue weighted by Gasteiger charge is 2.06. The van der Waals surface area contributed by atoms with E-state index in [0.29, 0.717) is 17.3 Å². The average Bonchev–Trinajstić information content (AvgIpc) is 2.38. The Morgan fingerprint density at radius 3 is 2.94 bits per heavy atom. The summed E-state index contributed by atoms with van der Waals surface area (Å²) in [5.41, 5.74) is 7.18. The average molecular weight is 264 g/mol. The second-order valence-electron chi connectivity index (χ2n) is 3.64. The number of aromatic nitrogens is 1. The maximum Gasteiger partial charge on any atom is 0.217 e. The molecule has 2 N–H and O–H groups in total. The minimum Gasteiger partial charge on any atom is -0.481 e. The Balaban J connectivity index is 2.11. The topological polar surface area (TPSA) is 48.1 Å². The molecular weight excluding hydrogens is 251 g/mol. The Bertz CT molecular complexity index is 548. The Kier molecular flexibility index (Phi) is 4.04. The van der Waals surface area contributed by atoms with Gasteiger partial charge in [-0.05, 0) is 24.3 Å². The smallest absolute Gasteiger partial charge is 0.217 e. The molecule has 2 rings (SSSR count). The van der Waals surface area contributed by atoms with Crippen LogP contribution in [0.5, 0.6) is 5.88 Å². The predicted molar refractivity (Wildman–Crippen MR) is 71.2 cm³/mol. The van der Waals surface area contributed by atoms with E-state index in [1.165, 1.54) is 23.9 Å². The summed E-state index contributed by atoms with van der Waals surface area (Å²) in [5.74, 6) is 0.953. The fourth-order valence-electron chi connectivity index (χ4n) is 1.52. The van der Waals surface area contributed by atoms with Crippen LogP contribution in [0, 0.1) is 5.82 Å². The molecule has 0 saturated carbocycles. The lowest BCUT2D eigenvalue weighted by Crippen LogP contribution is -1.94. The summed E-state index contributed by atoms with van der Waals surface area (Å²) in [4.78, 5) is 4.97. The van der Waals surface area contributed by atoms with Crippen molar-refractivity contribution in [2.75, 3.05) is 12.8 Å². The van der Waals surface area contributed by atoms with Crippen molar-refractivity contribution in [3.8, 4) is 5.88 Å². The summed E-state index contributed by atoms with van der Waals surface area (Å²) in [6.07, 6.45) is 1.68. The molecule has 0 atom stereocenters. The predicted octanol–water partition coefficient (Wildman–Crippen LogP) is 3.10. The van der Waals surface area contributed by atoms with E-state index in [9.17, 15) is 4.39 Å². The molecule has 3 nitrogen and oxygen atoms in total. The third-order valence-electron chi connectivity index (χ3n) is 2.40. The lowest BCUT2D eigenvalue weighted by Gasteiger charge is -2.08. The highest BCUT2D eigenvalue weighted by Crippen LogP contribution is 2.30. The summed E-state index contributed by atoms with van der Waals surface area (Å²) >= 11 is 1.53. The van der Waals surface area contributed by atoms with Gasteiger partial charge in [0.1, 0.15) is 5.82 Å². The molecule has 18 heavy (non-hydrogen) atoms. The molecule has 0 amide bonds. The minimum atomic E-state index is -0.323. The van der Waals surface area contributed by atoms with Gasteiger partial charge in [0, 0.05) is 28.1 Å². The number of benzene rings is 1. The van der Waals surface area contributed by atoms with E-state index in [1.807, 2.05) is 12.1 Å². The van der Waals surface area contributed by atoms with Crippen molar-refractivity contribution in [3.05, 3.63) is 47.9 Å². The van der Waals surface area contributed by atoms with Crippen LogP contribution in [0.15, 0.2) is 41.4 Å². The number of rotatable bonds is 4. The van der Waals surface area contributed by atoms with Crippen molar-refractivity contribution in [1.29, 1.82) is 0 Å². The monoisotopic (exact) mass is 264 g/mol. The van der Waals surface area contributed by atoms with Gasteiger partial charge in [0.15, 0.2) is 0 Å². The van der Waals surface area contributed by atoms with Crippen LogP contribution >= 0.6 is 11.8 Å². The van der Waals surface area contributed by atoms with E-state index in [2.05, 4.69) is 4.98 Å². The Hall–Kier alpha value is -1.75. The van der Waals surface area contributed by atoms with Gasteiger partial charge < -0.3 is 10.5 Å². The molecular formula is C13H13FN2OS. The summed E-state index contributed by atoms with van der Waals surface area (Å²) < 4.78 is 18.1. The van der Waals surface area contributed by atoms with Crippen molar-refractivity contribution in [2.45, 2.75) is 10.6 Å². The van der Waals surface area contributed by atoms with Crippen molar-refractivity contribution >= 4 is 17.4 Å². The summed E-state index contributed by atoms with van der Waals surface area (Å²) in [6.45, 7) is 0. The third kappa shape index (κ3) is 2.92. The van der Waals surface area contributed by atoms with Crippen LogP contribution in [0.25, 0.3) is 0 Å². The van der Waals surface area contributed by atoms with Gasteiger partial charge >= 0.3 is 0 Å². The number of halogens is 1. The van der Waals surface area contributed by atoms with Gasteiger partial charge in [-0.2, -0.15) is 0 Å². The lowest BCUT2D eigenvalue weighted by molar-refractivity contribution is 0.394. The summed E-state index contributed by atoms with van der Waals surface area (Å²) in [6, 6.07) is 8.20.